The van der Waals surface area contributed by atoms with Gasteiger partial charge in [0.25, 0.3) is 0 Å². The fourth-order valence-electron chi connectivity index (χ4n) is 1.70. The monoisotopic (exact) mass is 295 g/mol. The van der Waals surface area contributed by atoms with Gasteiger partial charge in [0, 0.05) is 6.54 Å². The molecule has 0 aliphatic rings. The predicted octanol–water partition coefficient (Wildman–Crippen LogP) is 0.775. The molecule has 2 rings (SSSR count). The minimum atomic E-state index is -1.03. The van der Waals surface area contributed by atoms with E-state index >= 15 is 0 Å². The molecule has 8 heteroatoms. The number of aliphatic carboxylic acids is 1. The SMILES string of the molecule is NC(=O)CN(CC(=O)O)Cc1coc(-c2cccs2)n1. The van der Waals surface area contributed by atoms with E-state index in [-0.39, 0.29) is 19.6 Å². The molecule has 0 saturated carbocycles. The molecule has 0 spiro atoms. The Hall–Kier alpha value is -2.19. The Bertz CT molecular complexity index is 578. The van der Waals surface area contributed by atoms with E-state index in [1.807, 2.05) is 17.5 Å². The lowest BCUT2D eigenvalue weighted by Gasteiger charge is -2.16. The van der Waals surface area contributed by atoms with Gasteiger partial charge in [0.1, 0.15) is 6.26 Å². The lowest BCUT2D eigenvalue weighted by molar-refractivity contribution is -0.138. The van der Waals surface area contributed by atoms with Crippen LogP contribution in [0.5, 0.6) is 0 Å². The quantitative estimate of drug-likeness (QED) is 0.781. The predicted molar refractivity (Wildman–Crippen MR) is 71.9 cm³/mol. The van der Waals surface area contributed by atoms with Crippen molar-refractivity contribution in [1.29, 1.82) is 0 Å². The Labute approximate surface area is 118 Å². The van der Waals surface area contributed by atoms with Gasteiger partial charge in [0.2, 0.25) is 11.8 Å². The molecule has 0 radical (unpaired) electrons. The second-order valence-corrected chi connectivity index (χ2v) is 5.07. The number of amides is 1. The van der Waals surface area contributed by atoms with E-state index in [4.69, 9.17) is 15.3 Å². The molecule has 0 aliphatic heterocycles. The Morgan fingerprint density at radius 1 is 1.45 bits per heavy atom. The van der Waals surface area contributed by atoms with Crippen molar-refractivity contribution in [3.8, 4) is 10.8 Å². The van der Waals surface area contributed by atoms with Crippen molar-refractivity contribution in [3.05, 3.63) is 29.5 Å². The van der Waals surface area contributed by atoms with Gasteiger partial charge < -0.3 is 15.3 Å². The average Bonchev–Trinajstić information content (AvgIpc) is 2.95. The van der Waals surface area contributed by atoms with Crippen molar-refractivity contribution in [2.75, 3.05) is 13.1 Å². The lowest BCUT2D eigenvalue weighted by atomic mass is 10.3. The van der Waals surface area contributed by atoms with Gasteiger partial charge in [-0.1, -0.05) is 6.07 Å². The summed E-state index contributed by atoms with van der Waals surface area (Å²) < 4.78 is 5.33. The van der Waals surface area contributed by atoms with Gasteiger partial charge in [-0.05, 0) is 11.4 Å². The van der Waals surface area contributed by atoms with Crippen LogP contribution in [0.1, 0.15) is 5.69 Å². The molecule has 0 atom stereocenters. The molecule has 2 heterocycles. The van der Waals surface area contributed by atoms with Crippen LogP contribution in [0.3, 0.4) is 0 Å². The molecule has 20 heavy (non-hydrogen) atoms. The van der Waals surface area contributed by atoms with E-state index in [1.54, 1.807) is 0 Å². The van der Waals surface area contributed by atoms with Crippen LogP contribution in [0.15, 0.2) is 28.2 Å². The lowest BCUT2D eigenvalue weighted by Crippen LogP contribution is -2.36. The van der Waals surface area contributed by atoms with E-state index in [0.29, 0.717) is 11.6 Å². The van der Waals surface area contributed by atoms with Gasteiger partial charge in [0.15, 0.2) is 0 Å². The number of hydrogen-bond donors (Lipinski definition) is 2. The summed E-state index contributed by atoms with van der Waals surface area (Å²) in [5.74, 6) is -1.15. The molecule has 2 aromatic heterocycles. The number of rotatable bonds is 7. The van der Waals surface area contributed by atoms with Crippen LogP contribution in [0.2, 0.25) is 0 Å². The third-order valence-corrected chi connectivity index (χ3v) is 3.27. The first-order valence-electron chi connectivity index (χ1n) is 5.75. The molecular weight excluding hydrogens is 282 g/mol. The smallest absolute Gasteiger partial charge is 0.317 e. The number of aromatic nitrogens is 1. The largest absolute Gasteiger partial charge is 0.480 e. The summed E-state index contributed by atoms with van der Waals surface area (Å²) in [4.78, 5) is 28.2. The van der Waals surface area contributed by atoms with Gasteiger partial charge in [-0.15, -0.1) is 11.3 Å². The topological polar surface area (TPSA) is 110 Å². The summed E-state index contributed by atoms with van der Waals surface area (Å²) in [5, 5.41) is 10.7. The third-order valence-electron chi connectivity index (χ3n) is 2.41. The van der Waals surface area contributed by atoms with E-state index in [0.717, 1.165) is 4.88 Å². The number of carboxylic acids is 1. The molecule has 7 nitrogen and oxygen atoms in total. The number of hydrogen-bond acceptors (Lipinski definition) is 6. The van der Waals surface area contributed by atoms with Gasteiger partial charge in [-0.2, -0.15) is 0 Å². The summed E-state index contributed by atoms with van der Waals surface area (Å²) in [6.07, 6.45) is 1.45. The highest BCUT2D eigenvalue weighted by atomic mass is 32.1. The number of thiophene rings is 1. The van der Waals surface area contributed by atoms with Crippen LogP contribution in [0, 0.1) is 0 Å². The highest BCUT2D eigenvalue weighted by Gasteiger charge is 2.15. The Balaban J connectivity index is 2.06. The van der Waals surface area contributed by atoms with Crippen molar-refractivity contribution >= 4 is 23.2 Å². The van der Waals surface area contributed by atoms with Crippen LogP contribution in [0.25, 0.3) is 10.8 Å². The van der Waals surface area contributed by atoms with Crippen LogP contribution in [0.4, 0.5) is 0 Å². The Kier molecular flexibility index (Phi) is 4.49. The van der Waals surface area contributed by atoms with Crippen LogP contribution in [-0.2, 0) is 16.1 Å². The highest BCUT2D eigenvalue weighted by Crippen LogP contribution is 2.23. The highest BCUT2D eigenvalue weighted by molar-refractivity contribution is 7.13. The average molecular weight is 295 g/mol. The molecular formula is C12H13N3O4S. The number of carboxylic acid groups (broad SMARTS) is 1. The fourth-order valence-corrected chi connectivity index (χ4v) is 2.36. The summed E-state index contributed by atoms with van der Waals surface area (Å²) in [6.45, 7) is -0.248. The molecule has 0 fully saturated rings. The van der Waals surface area contributed by atoms with Crippen molar-refractivity contribution in [1.82, 2.24) is 9.88 Å². The zero-order chi connectivity index (χ0) is 14.5. The van der Waals surface area contributed by atoms with E-state index in [1.165, 1.54) is 22.5 Å². The standard InChI is InChI=1S/C12H13N3O4S/c13-10(16)5-15(6-11(17)18)4-8-7-19-12(14-8)9-2-1-3-20-9/h1-3,7H,4-6H2,(H2,13,16)(H,17,18). The van der Waals surface area contributed by atoms with Gasteiger partial charge in [-0.3, -0.25) is 14.5 Å². The molecule has 106 valence electrons. The normalized spacial score (nSPS) is 10.8. The van der Waals surface area contributed by atoms with Crippen molar-refractivity contribution in [3.63, 3.8) is 0 Å². The molecule has 2 aromatic rings. The number of carbonyl (C=O) groups excluding carboxylic acids is 1. The number of oxazole rings is 1. The van der Waals surface area contributed by atoms with Crippen LogP contribution in [-0.4, -0.2) is 40.0 Å². The minimum Gasteiger partial charge on any atom is -0.480 e. The number of nitrogens with zero attached hydrogens (tertiary/aromatic N) is 2. The van der Waals surface area contributed by atoms with Gasteiger partial charge in [0.05, 0.1) is 23.7 Å². The van der Waals surface area contributed by atoms with Crippen LogP contribution < -0.4 is 5.73 Å². The maximum Gasteiger partial charge on any atom is 0.317 e. The first-order valence-corrected chi connectivity index (χ1v) is 6.63. The van der Waals surface area contributed by atoms with E-state index in [2.05, 4.69) is 4.98 Å². The second-order valence-electron chi connectivity index (χ2n) is 4.13. The first kappa shape index (κ1) is 14.2. The van der Waals surface area contributed by atoms with E-state index in [9.17, 15) is 9.59 Å². The van der Waals surface area contributed by atoms with Crippen molar-refractivity contribution in [2.45, 2.75) is 6.54 Å². The molecule has 1 amide bonds. The molecule has 0 saturated heterocycles. The van der Waals surface area contributed by atoms with Crippen molar-refractivity contribution in [2.24, 2.45) is 5.73 Å². The third kappa shape index (κ3) is 3.90. The maximum absolute atomic E-state index is 10.9. The fraction of sp³-hybridized carbons (Fsp3) is 0.250. The minimum absolute atomic E-state index is 0.145. The number of carbonyl (C=O) groups is 2. The van der Waals surface area contributed by atoms with Gasteiger partial charge in [-0.25, -0.2) is 4.98 Å². The van der Waals surface area contributed by atoms with Crippen molar-refractivity contribution < 1.29 is 19.1 Å². The maximum atomic E-state index is 10.9. The molecule has 0 aliphatic carbocycles. The summed E-state index contributed by atoms with van der Waals surface area (Å²) in [5.41, 5.74) is 5.64. The summed E-state index contributed by atoms with van der Waals surface area (Å²) in [6, 6.07) is 3.76. The van der Waals surface area contributed by atoms with Crippen LogP contribution >= 0.6 is 11.3 Å². The van der Waals surface area contributed by atoms with Gasteiger partial charge >= 0.3 is 5.97 Å². The first-order chi connectivity index (χ1) is 9.54. The van der Waals surface area contributed by atoms with E-state index < -0.39 is 11.9 Å². The summed E-state index contributed by atoms with van der Waals surface area (Å²) in [7, 11) is 0. The number of nitrogens with two attached hydrogens (primary N) is 1. The zero-order valence-corrected chi connectivity index (χ0v) is 11.3. The second kappa shape index (κ2) is 6.31. The molecule has 3 N–H and O–H groups in total. The Morgan fingerprint density at radius 3 is 2.85 bits per heavy atom. The summed E-state index contributed by atoms with van der Waals surface area (Å²) >= 11 is 1.49. The molecule has 0 unspecified atom stereocenters. The number of primary amides is 1. The molecule has 0 bridgehead atoms. The zero-order valence-electron chi connectivity index (χ0n) is 10.5. The molecule has 0 aromatic carbocycles. The Morgan fingerprint density at radius 2 is 2.25 bits per heavy atom.